The zero-order valence-electron chi connectivity index (χ0n) is 21.9. The van der Waals surface area contributed by atoms with Gasteiger partial charge in [-0.15, -0.1) is 0 Å². The number of pyridine rings is 2. The van der Waals surface area contributed by atoms with E-state index in [-0.39, 0.29) is 6.04 Å². The Labute approximate surface area is 217 Å². The van der Waals surface area contributed by atoms with Gasteiger partial charge in [0.05, 0.1) is 42.4 Å². The number of fused-ring (bicyclic) bond motifs is 2. The van der Waals surface area contributed by atoms with Crippen LogP contribution in [0.2, 0.25) is 0 Å². The van der Waals surface area contributed by atoms with Gasteiger partial charge in [-0.05, 0) is 69.7 Å². The molecule has 8 heteroatoms. The number of morpholine rings is 1. The van der Waals surface area contributed by atoms with Gasteiger partial charge >= 0.3 is 0 Å². The second kappa shape index (κ2) is 9.03. The summed E-state index contributed by atoms with van der Waals surface area (Å²) in [5.74, 6) is 2.21. The van der Waals surface area contributed by atoms with E-state index in [1.165, 1.54) is 18.5 Å². The summed E-state index contributed by atoms with van der Waals surface area (Å²) in [7, 11) is 0. The van der Waals surface area contributed by atoms with E-state index in [0.29, 0.717) is 12.0 Å². The average molecular weight is 498 g/mol. The summed E-state index contributed by atoms with van der Waals surface area (Å²) in [4.78, 5) is 11.9. The third-order valence-corrected chi connectivity index (χ3v) is 8.80. The molecule has 0 aromatic carbocycles. The molecule has 0 bridgehead atoms. The zero-order chi connectivity index (χ0) is 25.1. The molecule has 5 heterocycles. The van der Waals surface area contributed by atoms with E-state index < -0.39 is 0 Å². The predicted octanol–water partition coefficient (Wildman–Crippen LogP) is 4.70. The molecule has 2 saturated carbocycles. The second-order valence-corrected chi connectivity index (χ2v) is 11.3. The van der Waals surface area contributed by atoms with Crippen LogP contribution in [0.1, 0.15) is 63.0 Å². The first kappa shape index (κ1) is 23.0. The fraction of sp³-hybridized carbons (Fsp3) is 0.517. The molecule has 2 aliphatic carbocycles. The van der Waals surface area contributed by atoms with Crippen LogP contribution in [0, 0.1) is 11.8 Å². The monoisotopic (exact) mass is 497 g/mol. The van der Waals surface area contributed by atoms with Crippen molar-refractivity contribution in [3.05, 3.63) is 60.3 Å². The Morgan fingerprint density at radius 1 is 0.946 bits per heavy atom. The number of aromatic nitrogens is 6. The van der Waals surface area contributed by atoms with E-state index in [2.05, 4.69) is 52.6 Å². The largest absolute Gasteiger partial charge is 0.379 e. The van der Waals surface area contributed by atoms with Gasteiger partial charge in [0.1, 0.15) is 5.52 Å². The summed E-state index contributed by atoms with van der Waals surface area (Å²) >= 11 is 0. The highest BCUT2D eigenvalue weighted by molar-refractivity contribution is 5.79. The molecule has 1 aliphatic heterocycles. The van der Waals surface area contributed by atoms with Crippen LogP contribution in [0.5, 0.6) is 0 Å². The molecular formula is C29H35N7O. The average Bonchev–Trinajstić information content (AvgIpc) is 3.36. The molecule has 8 nitrogen and oxygen atoms in total. The Kier molecular flexibility index (Phi) is 5.62. The first-order valence-electron chi connectivity index (χ1n) is 13.7. The molecule has 3 aliphatic rings. The molecule has 0 spiro atoms. The normalized spacial score (nSPS) is 26.6. The molecule has 0 N–H and O–H groups in total. The number of hydrogen-bond acceptors (Lipinski definition) is 6. The van der Waals surface area contributed by atoms with Gasteiger partial charge < -0.3 is 4.74 Å². The van der Waals surface area contributed by atoms with Gasteiger partial charge in [0.25, 0.3) is 0 Å². The van der Waals surface area contributed by atoms with Gasteiger partial charge in [-0.3, -0.25) is 24.2 Å². The zero-order valence-corrected chi connectivity index (χ0v) is 21.9. The smallest absolute Gasteiger partial charge is 0.108 e. The van der Waals surface area contributed by atoms with Crippen LogP contribution in [0.4, 0.5) is 0 Å². The van der Waals surface area contributed by atoms with Crippen molar-refractivity contribution in [3.8, 4) is 11.3 Å². The third kappa shape index (κ3) is 3.97. The Hall–Kier alpha value is -3.10. The van der Waals surface area contributed by atoms with Crippen LogP contribution in [-0.4, -0.2) is 66.8 Å². The lowest BCUT2D eigenvalue weighted by Gasteiger charge is -2.33. The maximum Gasteiger partial charge on any atom is 0.108 e. The molecule has 4 aromatic heterocycles. The maximum absolute atomic E-state index is 5.57. The Morgan fingerprint density at radius 3 is 2.49 bits per heavy atom. The number of ether oxygens (including phenoxy) is 1. The van der Waals surface area contributed by atoms with E-state index >= 15 is 0 Å². The molecular weight excluding hydrogens is 462 g/mol. The van der Waals surface area contributed by atoms with Crippen molar-refractivity contribution in [3.63, 3.8) is 0 Å². The van der Waals surface area contributed by atoms with E-state index in [0.717, 1.165) is 72.2 Å². The molecule has 0 radical (unpaired) electrons. The van der Waals surface area contributed by atoms with Gasteiger partial charge in [0.15, 0.2) is 0 Å². The molecule has 7 rings (SSSR count). The SMILES string of the molecule is CC(C)n1nc(-c2cnc3cnn([C@@H](C)c4ccccn4)c3c2)cc1[C@H]1[C@@H]2CC(N3CCOCC3)C[C@@H]21. The molecule has 37 heavy (non-hydrogen) atoms. The second-order valence-electron chi connectivity index (χ2n) is 11.3. The minimum atomic E-state index is 0.0183. The number of nitrogens with zero attached hydrogens (tertiary/aromatic N) is 7. The predicted molar refractivity (Wildman–Crippen MR) is 142 cm³/mol. The van der Waals surface area contributed by atoms with Gasteiger partial charge in [0, 0.05) is 54.7 Å². The molecule has 4 aromatic rings. The Morgan fingerprint density at radius 2 is 1.76 bits per heavy atom. The third-order valence-electron chi connectivity index (χ3n) is 8.80. The van der Waals surface area contributed by atoms with Crippen LogP contribution < -0.4 is 0 Å². The lowest BCUT2D eigenvalue weighted by molar-refractivity contribution is 0.0151. The van der Waals surface area contributed by atoms with Gasteiger partial charge in [-0.2, -0.15) is 10.2 Å². The minimum absolute atomic E-state index is 0.0183. The van der Waals surface area contributed by atoms with E-state index in [1.807, 2.05) is 41.5 Å². The first-order valence-corrected chi connectivity index (χ1v) is 13.7. The van der Waals surface area contributed by atoms with Gasteiger partial charge in [-0.25, -0.2) is 0 Å². The lowest BCUT2D eigenvalue weighted by Crippen LogP contribution is -2.43. The van der Waals surface area contributed by atoms with Crippen LogP contribution >= 0.6 is 0 Å². The minimum Gasteiger partial charge on any atom is -0.379 e. The summed E-state index contributed by atoms with van der Waals surface area (Å²) in [6, 6.07) is 11.6. The highest BCUT2D eigenvalue weighted by Crippen LogP contribution is 2.64. The van der Waals surface area contributed by atoms with Crippen LogP contribution in [0.3, 0.4) is 0 Å². The van der Waals surface area contributed by atoms with Gasteiger partial charge in [-0.1, -0.05) is 6.07 Å². The van der Waals surface area contributed by atoms with Crippen LogP contribution in [-0.2, 0) is 4.74 Å². The summed E-state index contributed by atoms with van der Waals surface area (Å²) < 4.78 is 9.86. The summed E-state index contributed by atoms with van der Waals surface area (Å²) in [5.41, 5.74) is 6.33. The first-order chi connectivity index (χ1) is 18.1. The molecule has 192 valence electrons. The number of rotatable bonds is 6. The van der Waals surface area contributed by atoms with Crippen LogP contribution in [0.15, 0.2) is 48.9 Å². The number of hydrogen-bond donors (Lipinski definition) is 0. The van der Waals surface area contributed by atoms with Gasteiger partial charge in [0.2, 0.25) is 0 Å². The topological polar surface area (TPSA) is 73.9 Å². The van der Waals surface area contributed by atoms with Crippen molar-refractivity contribution >= 4 is 11.0 Å². The summed E-state index contributed by atoms with van der Waals surface area (Å²) in [5, 5.41) is 9.77. The lowest BCUT2D eigenvalue weighted by atomic mass is 10.0. The highest BCUT2D eigenvalue weighted by Gasteiger charge is 2.58. The molecule has 1 unspecified atom stereocenters. The van der Waals surface area contributed by atoms with E-state index in [4.69, 9.17) is 14.8 Å². The van der Waals surface area contributed by atoms with Crippen molar-refractivity contribution in [2.75, 3.05) is 26.3 Å². The standard InChI is InChI=1S/C29H35N7O/c1-18(2)35-28(29-22-13-21(14-23(22)29)34-8-10-37-11-9-34)15-25(33-35)20-12-27-26(31-16-20)17-32-36(27)19(3)24-6-4-5-7-30-24/h4-7,12,15-19,21-23,29H,8-11,13-14H2,1-3H3/t19-,21?,22-,23+,29+/m0/s1. The quantitative estimate of drug-likeness (QED) is 0.384. The van der Waals surface area contributed by atoms with E-state index in [1.54, 1.807) is 0 Å². The van der Waals surface area contributed by atoms with Crippen molar-refractivity contribution in [2.45, 2.75) is 57.7 Å². The molecule has 5 atom stereocenters. The van der Waals surface area contributed by atoms with Crippen molar-refractivity contribution in [2.24, 2.45) is 11.8 Å². The fourth-order valence-electron chi connectivity index (χ4n) is 6.83. The van der Waals surface area contributed by atoms with Crippen molar-refractivity contribution in [1.29, 1.82) is 0 Å². The molecule has 1 saturated heterocycles. The maximum atomic E-state index is 5.57. The Bertz CT molecular complexity index is 1390. The Balaban J connectivity index is 1.17. The fourth-order valence-corrected chi connectivity index (χ4v) is 6.83. The van der Waals surface area contributed by atoms with E-state index in [9.17, 15) is 0 Å². The molecule has 0 amide bonds. The molecule has 3 fully saturated rings. The van der Waals surface area contributed by atoms with Crippen molar-refractivity contribution < 1.29 is 4.74 Å². The van der Waals surface area contributed by atoms with Crippen molar-refractivity contribution in [1.82, 2.24) is 34.4 Å². The van der Waals surface area contributed by atoms with Crippen LogP contribution in [0.25, 0.3) is 22.3 Å². The summed E-state index contributed by atoms with van der Waals surface area (Å²) in [6.45, 7) is 10.6. The summed E-state index contributed by atoms with van der Waals surface area (Å²) in [6.07, 6.45) is 8.24. The highest BCUT2D eigenvalue weighted by atomic mass is 16.5.